The normalized spacial score (nSPS) is 23.8. The molecule has 0 saturated heterocycles. The first-order valence-electron chi connectivity index (χ1n) is 5.81. The third kappa shape index (κ3) is 1.76. The van der Waals surface area contributed by atoms with Gasteiger partial charge in [-0.1, -0.05) is 30.4 Å². The number of rotatable bonds is 3. The molecular formula is C14H14O3. The maximum absolute atomic E-state index is 11.1. The topological polar surface area (TPSA) is 35.5 Å². The summed E-state index contributed by atoms with van der Waals surface area (Å²) >= 11 is 0. The van der Waals surface area contributed by atoms with Crippen molar-refractivity contribution in [2.24, 2.45) is 0 Å². The number of fused-ring (bicyclic) bond motifs is 5. The van der Waals surface area contributed by atoms with Gasteiger partial charge in [0, 0.05) is 6.42 Å². The summed E-state index contributed by atoms with van der Waals surface area (Å²) in [5.41, 5.74) is 3.68. The Labute approximate surface area is 100 Å². The van der Waals surface area contributed by atoms with Crippen molar-refractivity contribution in [1.29, 1.82) is 0 Å². The molecule has 2 bridgehead atoms. The van der Waals surface area contributed by atoms with Crippen molar-refractivity contribution in [1.82, 2.24) is 0 Å². The van der Waals surface area contributed by atoms with Gasteiger partial charge in [0.15, 0.2) is 0 Å². The molecule has 2 aliphatic rings. The fraction of sp³-hybridized carbons (Fsp3) is 0.357. The van der Waals surface area contributed by atoms with Crippen LogP contribution in [0.3, 0.4) is 0 Å². The van der Waals surface area contributed by atoms with Gasteiger partial charge >= 0.3 is 5.97 Å². The number of methoxy groups -OCH3 is 1. The quantitative estimate of drug-likeness (QED) is 0.591. The van der Waals surface area contributed by atoms with Crippen molar-refractivity contribution in [3.05, 3.63) is 47.0 Å². The average Bonchev–Trinajstić information content (AvgIpc) is 2.97. The summed E-state index contributed by atoms with van der Waals surface area (Å²) in [6.45, 7) is 0. The van der Waals surface area contributed by atoms with Crippen molar-refractivity contribution in [3.63, 3.8) is 0 Å². The Hall–Kier alpha value is -1.61. The van der Waals surface area contributed by atoms with Crippen LogP contribution in [0.2, 0.25) is 0 Å². The highest BCUT2D eigenvalue weighted by Gasteiger charge is 2.33. The standard InChI is InChI=1S/C14H14O3/c1-16-14(15)7-3-9-2-4-10-11(8-9)13-6-5-12(10)17-13/h2,4-6,8,12-13H,3,7H2,1H3. The average molecular weight is 230 g/mol. The molecule has 0 N–H and O–H groups in total. The van der Waals surface area contributed by atoms with Gasteiger partial charge in [-0.05, 0) is 23.1 Å². The SMILES string of the molecule is COC(=O)CCc1ccc2c(c1)C1C=CC2O1. The van der Waals surface area contributed by atoms with Crippen LogP contribution in [0.5, 0.6) is 0 Å². The molecule has 0 saturated carbocycles. The van der Waals surface area contributed by atoms with E-state index in [4.69, 9.17) is 4.74 Å². The minimum Gasteiger partial charge on any atom is -0.469 e. The molecule has 17 heavy (non-hydrogen) atoms. The zero-order valence-electron chi connectivity index (χ0n) is 9.68. The second-order valence-corrected chi connectivity index (χ2v) is 4.40. The molecule has 0 aromatic heterocycles. The second kappa shape index (κ2) is 4.00. The summed E-state index contributed by atoms with van der Waals surface area (Å²) in [5, 5.41) is 0. The fourth-order valence-electron chi connectivity index (χ4n) is 2.44. The lowest BCUT2D eigenvalue weighted by Crippen LogP contribution is -2.02. The molecule has 3 rings (SSSR count). The monoisotopic (exact) mass is 230 g/mol. The highest BCUT2D eigenvalue weighted by atomic mass is 16.5. The molecule has 2 aliphatic heterocycles. The Morgan fingerprint density at radius 2 is 2.06 bits per heavy atom. The van der Waals surface area contributed by atoms with Crippen molar-refractivity contribution in [3.8, 4) is 0 Å². The molecule has 1 aromatic rings. The van der Waals surface area contributed by atoms with Gasteiger partial charge in [-0.15, -0.1) is 0 Å². The molecule has 3 heteroatoms. The van der Waals surface area contributed by atoms with E-state index in [0.717, 1.165) is 6.42 Å². The summed E-state index contributed by atoms with van der Waals surface area (Å²) in [7, 11) is 1.42. The predicted molar refractivity (Wildman–Crippen MR) is 62.5 cm³/mol. The van der Waals surface area contributed by atoms with Crippen molar-refractivity contribution in [2.75, 3.05) is 7.11 Å². The molecule has 0 fully saturated rings. The zero-order valence-corrected chi connectivity index (χ0v) is 9.68. The van der Waals surface area contributed by atoms with Gasteiger partial charge in [-0.2, -0.15) is 0 Å². The summed E-state index contributed by atoms with van der Waals surface area (Å²) in [6.07, 6.45) is 5.61. The van der Waals surface area contributed by atoms with Crippen LogP contribution in [-0.4, -0.2) is 13.1 Å². The van der Waals surface area contributed by atoms with E-state index >= 15 is 0 Å². The van der Waals surface area contributed by atoms with Gasteiger partial charge in [0.25, 0.3) is 0 Å². The van der Waals surface area contributed by atoms with Gasteiger partial charge in [-0.3, -0.25) is 4.79 Å². The van der Waals surface area contributed by atoms with Crippen LogP contribution < -0.4 is 0 Å². The maximum Gasteiger partial charge on any atom is 0.305 e. The van der Waals surface area contributed by atoms with E-state index in [9.17, 15) is 4.79 Å². The van der Waals surface area contributed by atoms with Gasteiger partial charge < -0.3 is 9.47 Å². The number of hydrogen-bond acceptors (Lipinski definition) is 3. The first-order valence-corrected chi connectivity index (χ1v) is 5.81. The Morgan fingerprint density at radius 1 is 1.29 bits per heavy atom. The molecule has 1 aromatic carbocycles. The van der Waals surface area contributed by atoms with Gasteiger partial charge in [-0.25, -0.2) is 0 Å². The summed E-state index contributed by atoms with van der Waals surface area (Å²) in [6, 6.07) is 6.32. The minimum absolute atomic E-state index is 0.119. The molecular weight excluding hydrogens is 216 g/mol. The first-order chi connectivity index (χ1) is 8.28. The van der Waals surface area contributed by atoms with Gasteiger partial charge in [0.2, 0.25) is 0 Å². The number of ether oxygens (including phenoxy) is 2. The first kappa shape index (κ1) is 10.5. The van der Waals surface area contributed by atoms with E-state index in [1.165, 1.54) is 23.8 Å². The third-order valence-electron chi connectivity index (χ3n) is 3.36. The molecule has 88 valence electrons. The molecule has 0 radical (unpaired) electrons. The number of carbonyl (C=O) groups is 1. The molecule has 2 atom stereocenters. The number of benzene rings is 1. The Morgan fingerprint density at radius 3 is 2.82 bits per heavy atom. The van der Waals surface area contributed by atoms with E-state index in [1.807, 2.05) is 0 Å². The largest absolute Gasteiger partial charge is 0.469 e. The maximum atomic E-state index is 11.1. The van der Waals surface area contributed by atoms with Gasteiger partial charge in [0.05, 0.1) is 7.11 Å². The number of esters is 1. The lowest BCUT2D eigenvalue weighted by Gasteiger charge is -2.09. The molecule has 0 spiro atoms. The smallest absolute Gasteiger partial charge is 0.305 e. The highest BCUT2D eigenvalue weighted by Crippen LogP contribution is 2.45. The zero-order chi connectivity index (χ0) is 11.8. The second-order valence-electron chi connectivity index (χ2n) is 4.40. The molecule has 0 aliphatic carbocycles. The Kier molecular flexibility index (Phi) is 2.48. The number of hydrogen-bond donors (Lipinski definition) is 0. The fourth-order valence-corrected chi connectivity index (χ4v) is 2.44. The highest BCUT2D eigenvalue weighted by molar-refractivity contribution is 5.69. The van der Waals surface area contributed by atoms with Gasteiger partial charge in [0.1, 0.15) is 12.2 Å². The Bertz CT molecular complexity index is 490. The summed E-state index contributed by atoms with van der Waals surface area (Å²) < 4.78 is 10.4. The van der Waals surface area contributed by atoms with Crippen molar-refractivity contribution >= 4 is 5.97 Å². The van der Waals surface area contributed by atoms with E-state index in [2.05, 4.69) is 35.1 Å². The lowest BCUT2D eigenvalue weighted by atomic mass is 9.94. The Balaban J connectivity index is 1.77. The van der Waals surface area contributed by atoms with Crippen LogP contribution in [-0.2, 0) is 20.7 Å². The summed E-state index contributed by atoms with van der Waals surface area (Å²) in [4.78, 5) is 11.1. The van der Waals surface area contributed by atoms with Crippen LogP contribution in [0.25, 0.3) is 0 Å². The van der Waals surface area contributed by atoms with Crippen LogP contribution in [0.1, 0.15) is 35.3 Å². The van der Waals surface area contributed by atoms with E-state index in [-0.39, 0.29) is 18.2 Å². The van der Waals surface area contributed by atoms with Crippen LogP contribution >= 0.6 is 0 Å². The van der Waals surface area contributed by atoms with E-state index in [1.54, 1.807) is 0 Å². The molecule has 2 heterocycles. The number of aryl methyl sites for hydroxylation is 1. The summed E-state index contributed by atoms with van der Waals surface area (Å²) in [5.74, 6) is -0.164. The lowest BCUT2D eigenvalue weighted by molar-refractivity contribution is -0.140. The van der Waals surface area contributed by atoms with Crippen LogP contribution in [0.15, 0.2) is 30.4 Å². The predicted octanol–water partition coefficient (Wildman–Crippen LogP) is 2.47. The number of carbonyl (C=O) groups excluding carboxylic acids is 1. The van der Waals surface area contributed by atoms with Crippen LogP contribution in [0, 0.1) is 0 Å². The van der Waals surface area contributed by atoms with Crippen molar-refractivity contribution in [2.45, 2.75) is 25.0 Å². The minimum atomic E-state index is -0.164. The third-order valence-corrected chi connectivity index (χ3v) is 3.36. The molecule has 0 amide bonds. The molecule has 2 unspecified atom stereocenters. The molecule has 3 nitrogen and oxygen atoms in total. The van der Waals surface area contributed by atoms with Crippen molar-refractivity contribution < 1.29 is 14.3 Å². The van der Waals surface area contributed by atoms with E-state index < -0.39 is 0 Å². The van der Waals surface area contributed by atoms with E-state index in [0.29, 0.717) is 6.42 Å². The van der Waals surface area contributed by atoms with Crippen LogP contribution in [0.4, 0.5) is 0 Å².